The van der Waals surface area contributed by atoms with Gasteiger partial charge in [-0.1, -0.05) is 141 Å². The first kappa shape index (κ1) is 83.8. The molecule has 4 aliphatic carbocycles. The summed E-state index contributed by atoms with van der Waals surface area (Å²) in [5.74, 6) is 0.486. The van der Waals surface area contributed by atoms with Crippen LogP contribution in [0.5, 0.6) is 0 Å². The van der Waals surface area contributed by atoms with Gasteiger partial charge in [0.1, 0.15) is 0 Å². The number of carbonyl (C=O) groups excluding carboxylic acids is 6. The van der Waals surface area contributed by atoms with Crippen LogP contribution in [-0.2, 0) is 128 Å². The summed E-state index contributed by atoms with van der Waals surface area (Å²) >= 11 is -5.51. The molecule has 0 radical (unpaired) electrons. The molecule has 0 atom stereocenters. The molecule has 2 heterocycles. The average molecular weight is 1080 g/mol. The van der Waals surface area contributed by atoms with E-state index in [1.165, 1.54) is 128 Å². The van der Waals surface area contributed by atoms with E-state index in [1.54, 1.807) is 12.2 Å². The van der Waals surface area contributed by atoms with E-state index in [2.05, 4.69) is 44.8 Å². The maximum atomic E-state index is 10.4. The van der Waals surface area contributed by atoms with Crippen molar-refractivity contribution in [1.29, 1.82) is 0 Å². The van der Waals surface area contributed by atoms with Crippen molar-refractivity contribution in [1.82, 2.24) is 0 Å². The molecule has 0 amide bonds. The molecule has 2 aliphatic heterocycles. The summed E-state index contributed by atoms with van der Waals surface area (Å²) in [7, 11) is -2.66. The van der Waals surface area contributed by atoms with Crippen molar-refractivity contribution in [2.75, 3.05) is 11.5 Å². The Morgan fingerprint density at radius 3 is 0.510 bits per heavy atom. The summed E-state index contributed by atoms with van der Waals surface area (Å²) in [6, 6.07) is 0. The standard InChI is InChI=1S/4C5H10.C4H6O2S.6CHO.4CH3.4Mo.4O/c4*1-2-4-5-3-1;5-7(6)3-1-2-4-7;6*1-2;;;;;;;;;;;;/h4*1-5H2;1-2H,3-4H2;6*1H;4*1H3;;;;;;;;/q;;;;;10*-1;;;2*+4;;;;. The molecule has 0 spiro atoms. The van der Waals surface area contributed by atoms with Gasteiger partial charge in [0.25, 0.3) is 0 Å². The van der Waals surface area contributed by atoms with Crippen LogP contribution in [0.3, 0.4) is 0 Å². The van der Waals surface area contributed by atoms with E-state index in [9.17, 15) is 15.2 Å². The van der Waals surface area contributed by atoms with Crippen LogP contribution in [0.1, 0.15) is 128 Å². The van der Waals surface area contributed by atoms with Crippen LogP contribution in [0.4, 0.5) is 0 Å². The average Bonchev–Trinajstić information content (AvgIpc) is 3.94. The molecule has 6 rings (SSSR count). The van der Waals surface area contributed by atoms with Crippen LogP contribution in [0.25, 0.3) is 0 Å². The van der Waals surface area contributed by atoms with Gasteiger partial charge in [0.15, 0.2) is 9.84 Å². The SMILES string of the molecule is C1CCCC1.C1CCCC1.C1CCCC1.C1CCCC1.O=S1(=O)CC=CC1.[CH-]=O.[CH-]=O.[CH-]=O.[CH-]=O.[CH-]=O.[CH-]=O.[CH3-].[CH3-].[CH3-].[CH3-].[Mo+4].[Mo+4].[O]=[Mo]1[O][Mo](=[O])[O]1. The summed E-state index contributed by atoms with van der Waals surface area (Å²) in [5.41, 5.74) is 0. The molecule has 0 unspecified atom stereocenters. The van der Waals surface area contributed by atoms with E-state index in [0.717, 1.165) is 0 Å². The van der Waals surface area contributed by atoms with E-state index in [4.69, 9.17) is 28.8 Å². The Morgan fingerprint density at radius 1 is 0.353 bits per heavy atom. The molecule has 0 aromatic carbocycles. The van der Waals surface area contributed by atoms with Crippen molar-refractivity contribution in [2.24, 2.45) is 0 Å². The van der Waals surface area contributed by atoms with Crippen LogP contribution in [0.2, 0.25) is 0 Å². The molecule has 0 aromatic rings. The monoisotopic (exact) mass is 1090 g/mol. The summed E-state index contributed by atoms with van der Waals surface area (Å²) in [4.78, 5) is 46.5. The van der Waals surface area contributed by atoms with E-state index in [-0.39, 0.29) is 83.3 Å². The quantitative estimate of drug-likeness (QED) is 0.100. The van der Waals surface area contributed by atoms with E-state index in [1.807, 2.05) is 0 Å². The number of sulfone groups is 1. The molecular weight excluding hydrogens is 1020 g/mol. The van der Waals surface area contributed by atoms with E-state index < -0.39 is 45.9 Å². The predicted molar refractivity (Wildman–Crippen MR) is 190 cm³/mol. The third-order valence-corrected chi connectivity index (χ3v) is 15.0. The van der Waals surface area contributed by atoms with E-state index in [0.29, 0.717) is 0 Å². The van der Waals surface area contributed by atoms with Crippen LogP contribution >= 0.6 is 0 Å². The molecule has 17 heteroatoms. The topological polar surface area (TPSA) is 189 Å². The Hall–Kier alpha value is -0.0168. The fraction of sp³-hybridized carbons (Fsp3) is 0.647. The first-order chi connectivity index (χ1) is 22.0. The molecule has 5 fully saturated rings. The Morgan fingerprint density at radius 2 is 0.471 bits per heavy atom. The first-order valence-electron chi connectivity index (χ1n) is 14.5. The van der Waals surface area contributed by atoms with Crippen molar-refractivity contribution < 1.29 is 126 Å². The van der Waals surface area contributed by atoms with Gasteiger partial charge in [-0.05, 0) is 0 Å². The first-order valence-corrected chi connectivity index (χ1v) is 21.2. The van der Waals surface area contributed by atoms with Gasteiger partial charge in [0.05, 0.1) is 11.5 Å². The third kappa shape index (κ3) is 84.1. The molecule has 12 nitrogen and oxygen atoms in total. The molecular formula is C34H64Mo4O12S-2. The van der Waals surface area contributed by atoms with Crippen LogP contribution < -0.4 is 0 Å². The minimum atomic E-state index is -2.75. The second-order valence-electron chi connectivity index (χ2n) is 9.16. The number of rotatable bonds is 0. The van der Waals surface area contributed by atoms with Crippen molar-refractivity contribution in [3.05, 3.63) is 41.9 Å². The molecule has 304 valence electrons. The molecule has 51 heavy (non-hydrogen) atoms. The molecule has 0 N–H and O–H groups in total. The molecule has 4 saturated carbocycles. The Labute approximate surface area is 355 Å². The number of hydrogen-bond acceptors (Lipinski definition) is 12. The Bertz CT molecular complexity index is 628. The fourth-order valence-corrected chi connectivity index (χ4v) is 8.38. The molecule has 6 aliphatic rings. The van der Waals surface area contributed by atoms with Gasteiger partial charge in [-0.2, -0.15) is 0 Å². The zero-order chi connectivity index (χ0) is 36.0. The van der Waals surface area contributed by atoms with Crippen LogP contribution in [0.15, 0.2) is 12.2 Å². The normalized spacial score (nSPS) is 16.5. The summed E-state index contributed by atoms with van der Waals surface area (Å²) in [6.45, 7) is 19.5. The van der Waals surface area contributed by atoms with Gasteiger partial charge in [-0.15, -0.1) is 0 Å². The van der Waals surface area contributed by atoms with Gasteiger partial charge in [-0.25, -0.2) is 8.42 Å². The molecule has 0 aromatic heterocycles. The summed E-state index contributed by atoms with van der Waals surface area (Å²) in [5, 5.41) is 0. The maximum absolute atomic E-state index is 10.4. The van der Waals surface area contributed by atoms with Gasteiger partial charge >= 0.3 is 89.1 Å². The molecule has 1 saturated heterocycles. The van der Waals surface area contributed by atoms with Gasteiger partial charge in [0, 0.05) is 0 Å². The van der Waals surface area contributed by atoms with Crippen molar-refractivity contribution >= 4 is 50.6 Å². The second-order valence-corrected chi connectivity index (χ2v) is 18.0. The third-order valence-electron chi connectivity index (χ3n) is 6.09. The summed E-state index contributed by atoms with van der Waals surface area (Å²) < 4.78 is 48.5. The van der Waals surface area contributed by atoms with Gasteiger partial charge in [-0.3, -0.25) is 40.7 Å². The zero-order valence-corrected chi connectivity index (χ0v) is 40.0. The summed E-state index contributed by atoms with van der Waals surface area (Å²) in [6.07, 6.45) is 33.4. The van der Waals surface area contributed by atoms with E-state index >= 15 is 0 Å². The fourth-order valence-electron chi connectivity index (χ4n) is 4.13. The van der Waals surface area contributed by atoms with Crippen molar-refractivity contribution in [3.8, 4) is 0 Å². The Balaban J connectivity index is -0.0000000331. The van der Waals surface area contributed by atoms with Gasteiger partial charge < -0.3 is 58.5 Å². The van der Waals surface area contributed by atoms with Crippen LogP contribution in [0, 0.1) is 29.7 Å². The van der Waals surface area contributed by atoms with Gasteiger partial charge in [0.2, 0.25) is 0 Å². The number of hydrogen-bond donors (Lipinski definition) is 0. The molecule has 0 bridgehead atoms. The second kappa shape index (κ2) is 83.1. The predicted octanol–water partition coefficient (Wildman–Crippen LogP) is 7.55. The van der Waals surface area contributed by atoms with Crippen LogP contribution in [-0.4, -0.2) is 60.7 Å². The minimum absolute atomic E-state index is 0. The van der Waals surface area contributed by atoms with Crippen molar-refractivity contribution in [2.45, 2.75) is 128 Å². The zero-order valence-electron chi connectivity index (χ0n) is 31.1. The van der Waals surface area contributed by atoms with Crippen molar-refractivity contribution in [3.63, 3.8) is 0 Å². The Kier molecular flexibility index (Phi) is 137.